The second kappa shape index (κ2) is 7.17. The number of benzene rings is 2. The smallest absolute Gasteiger partial charge is 0.260 e. The first kappa shape index (κ1) is 16.6. The summed E-state index contributed by atoms with van der Waals surface area (Å²) in [5.74, 6) is -0.267. The molecule has 2 aromatic heterocycles. The van der Waals surface area contributed by atoms with Crippen LogP contribution in [-0.4, -0.2) is 21.0 Å². The van der Waals surface area contributed by atoms with Crippen molar-refractivity contribution in [2.24, 2.45) is 0 Å². The molecular weight excluding hydrogens is 347 g/mol. The van der Waals surface area contributed by atoms with Crippen molar-refractivity contribution in [3.63, 3.8) is 0 Å². The fourth-order valence-corrected chi connectivity index (χ4v) is 2.55. The van der Waals surface area contributed by atoms with Crippen molar-refractivity contribution >= 4 is 11.6 Å². The van der Waals surface area contributed by atoms with E-state index >= 15 is 0 Å². The number of hydrogen-bond acceptors (Lipinski definition) is 5. The standard InChI is InChI=1S/C20H13FN4O2/c21-15-7-3-5-13(11-15)19(26)23-17-9-2-1-8-16(17)20-24-18(25-27-20)14-6-4-10-22-12-14/h1-12H,(H,23,26). The van der Waals surface area contributed by atoms with E-state index in [1.807, 2.05) is 6.07 Å². The van der Waals surface area contributed by atoms with Crippen molar-refractivity contribution in [3.8, 4) is 22.8 Å². The summed E-state index contributed by atoms with van der Waals surface area (Å²) in [7, 11) is 0. The number of carbonyl (C=O) groups excluding carboxylic acids is 1. The van der Waals surface area contributed by atoms with Gasteiger partial charge in [0.15, 0.2) is 0 Å². The number of nitrogens with one attached hydrogen (secondary N) is 1. The second-order valence-corrected chi connectivity index (χ2v) is 5.67. The Hall–Kier alpha value is -3.87. The minimum atomic E-state index is -0.478. The Morgan fingerprint density at radius 2 is 1.93 bits per heavy atom. The van der Waals surface area contributed by atoms with Crippen molar-refractivity contribution < 1.29 is 13.7 Å². The molecule has 4 rings (SSSR count). The Kier molecular flexibility index (Phi) is 4.40. The van der Waals surface area contributed by atoms with E-state index in [1.54, 1.807) is 42.7 Å². The number of hydrogen-bond donors (Lipinski definition) is 1. The summed E-state index contributed by atoms with van der Waals surface area (Å²) >= 11 is 0. The molecule has 0 aliphatic heterocycles. The van der Waals surface area contributed by atoms with Gasteiger partial charge in [0.2, 0.25) is 5.82 Å². The summed E-state index contributed by atoms with van der Waals surface area (Å²) in [6.07, 6.45) is 3.29. The maximum atomic E-state index is 13.4. The van der Waals surface area contributed by atoms with Crippen molar-refractivity contribution in [1.82, 2.24) is 15.1 Å². The normalized spacial score (nSPS) is 10.6. The molecule has 0 fully saturated rings. The number of rotatable bonds is 4. The van der Waals surface area contributed by atoms with Gasteiger partial charge in [-0.3, -0.25) is 9.78 Å². The van der Waals surface area contributed by atoms with Crippen LogP contribution in [0.1, 0.15) is 10.4 Å². The molecule has 1 N–H and O–H groups in total. The molecule has 0 atom stereocenters. The maximum absolute atomic E-state index is 13.4. The fraction of sp³-hybridized carbons (Fsp3) is 0. The van der Waals surface area contributed by atoms with Gasteiger partial charge < -0.3 is 9.84 Å². The third-order valence-corrected chi connectivity index (χ3v) is 3.84. The van der Waals surface area contributed by atoms with Crippen LogP contribution in [0, 0.1) is 5.82 Å². The van der Waals surface area contributed by atoms with Gasteiger partial charge >= 0.3 is 0 Å². The van der Waals surface area contributed by atoms with Crippen LogP contribution in [0.15, 0.2) is 77.6 Å². The third kappa shape index (κ3) is 3.57. The molecular formula is C20H13FN4O2. The van der Waals surface area contributed by atoms with Crippen LogP contribution in [0.25, 0.3) is 22.8 Å². The van der Waals surface area contributed by atoms with Crippen LogP contribution < -0.4 is 5.32 Å². The number of halogens is 1. The Bertz CT molecular complexity index is 1100. The van der Waals surface area contributed by atoms with Crippen LogP contribution in [0.5, 0.6) is 0 Å². The van der Waals surface area contributed by atoms with Crippen molar-refractivity contribution in [2.75, 3.05) is 5.32 Å². The summed E-state index contributed by atoms with van der Waals surface area (Å²) in [4.78, 5) is 20.8. The number of aromatic nitrogens is 3. The molecule has 0 aliphatic rings. The number of amides is 1. The topological polar surface area (TPSA) is 80.9 Å². The first-order valence-corrected chi connectivity index (χ1v) is 8.11. The molecule has 0 spiro atoms. The van der Waals surface area contributed by atoms with Gasteiger partial charge in [-0.1, -0.05) is 23.4 Å². The lowest BCUT2D eigenvalue weighted by Gasteiger charge is -2.08. The quantitative estimate of drug-likeness (QED) is 0.590. The zero-order valence-corrected chi connectivity index (χ0v) is 14.0. The highest BCUT2D eigenvalue weighted by Gasteiger charge is 2.16. The Labute approximate surface area is 153 Å². The molecule has 132 valence electrons. The van der Waals surface area contributed by atoms with E-state index in [1.165, 1.54) is 24.3 Å². The Morgan fingerprint density at radius 1 is 1.04 bits per heavy atom. The van der Waals surface area contributed by atoms with E-state index in [2.05, 4.69) is 20.4 Å². The van der Waals surface area contributed by atoms with Crippen LogP contribution >= 0.6 is 0 Å². The SMILES string of the molecule is O=C(Nc1ccccc1-c1nc(-c2cccnc2)no1)c1cccc(F)c1. The van der Waals surface area contributed by atoms with Crippen LogP contribution in [-0.2, 0) is 0 Å². The summed E-state index contributed by atoms with van der Waals surface area (Å²) in [6, 6.07) is 16.1. The molecule has 2 aromatic carbocycles. The average molecular weight is 360 g/mol. The minimum Gasteiger partial charge on any atom is -0.334 e. The maximum Gasteiger partial charge on any atom is 0.260 e. The molecule has 27 heavy (non-hydrogen) atoms. The van der Waals surface area contributed by atoms with Gasteiger partial charge in [-0.2, -0.15) is 4.98 Å². The second-order valence-electron chi connectivity index (χ2n) is 5.67. The van der Waals surface area contributed by atoms with Gasteiger partial charge in [0, 0.05) is 23.5 Å². The Balaban J connectivity index is 1.64. The summed E-state index contributed by atoms with van der Waals surface area (Å²) in [5.41, 5.74) is 1.97. The molecule has 0 bridgehead atoms. The van der Waals surface area contributed by atoms with Gasteiger partial charge in [-0.15, -0.1) is 0 Å². The summed E-state index contributed by atoms with van der Waals surface area (Å²) in [6.45, 7) is 0. The zero-order valence-electron chi connectivity index (χ0n) is 14.0. The Morgan fingerprint density at radius 3 is 2.74 bits per heavy atom. The van der Waals surface area contributed by atoms with E-state index < -0.39 is 11.7 Å². The van der Waals surface area contributed by atoms with E-state index in [0.717, 1.165) is 0 Å². The molecule has 0 radical (unpaired) electrons. The molecule has 0 aliphatic carbocycles. The average Bonchev–Trinajstić information content (AvgIpc) is 3.19. The van der Waals surface area contributed by atoms with Gasteiger partial charge in [0.05, 0.1) is 11.3 Å². The van der Waals surface area contributed by atoms with Gasteiger partial charge in [0.1, 0.15) is 5.82 Å². The van der Waals surface area contributed by atoms with Gasteiger partial charge in [-0.05, 0) is 42.5 Å². The van der Waals surface area contributed by atoms with Crippen LogP contribution in [0.3, 0.4) is 0 Å². The largest absolute Gasteiger partial charge is 0.334 e. The van der Waals surface area contributed by atoms with E-state index in [9.17, 15) is 9.18 Å². The number of para-hydroxylation sites is 1. The lowest BCUT2D eigenvalue weighted by atomic mass is 10.1. The molecule has 6 nitrogen and oxygen atoms in total. The number of anilines is 1. The highest BCUT2D eigenvalue weighted by atomic mass is 19.1. The predicted molar refractivity (Wildman–Crippen MR) is 97.3 cm³/mol. The first-order valence-electron chi connectivity index (χ1n) is 8.11. The summed E-state index contributed by atoms with van der Waals surface area (Å²) < 4.78 is 18.7. The predicted octanol–water partition coefficient (Wildman–Crippen LogP) is 4.19. The van der Waals surface area contributed by atoms with Gasteiger partial charge in [0.25, 0.3) is 11.8 Å². The number of carbonyl (C=O) groups is 1. The van der Waals surface area contributed by atoms with E-state index in [4.69, 9.17) is 4.52 Å². The lowest BCUT2D eigenvalue weighted by Crippen LogP contribution is -2.12. The molecule has 0 unspecified atom stereocenters. The highest BCUT2D eigenvalue weighted by molar-refractivity contribution is 6.06. The monoisotopic (exact) mass is 360 g/mol. The first-order chi connectivity index (χ1) is 13.2. The van der Waals surface area contributed by atoms with Crippen molar-refractivity contribution in [3.05, 3.63) is 84.4 Å². The van der Waals surface area contributed by atoms with Crippen LogP contribution in [0.4, 0.5) is 10.1 Å². The number of nitrogens with zero attached hydrogens (tertiary/aromatic N) is 3. The van der Waals surface area contributed by atoms with Crippen LogP contribution in [0.2, 0.25) is 0 Å². The van der Waals surface area contributed by atoms with Gasteiger partial charge in [-0.25, -0.2) is 4.39 Å². The molecule has 7 heteroatoms. The summed E-state index contributed by atoms with van der Waals surface area (Å²) in [5, 5.41) is 6.72. The van der Waals surface area contributed by atoms with Crippen molar-refractivity contribution in [2.45, 2.75) is 0 Å². The van der Waals surface area contributed by atoms with E-state index in [0.29, 0.717) is 22.6 Å². The molecule has 2 heterocycles. The van der Waals surface area contributed by atoms with Crippen molar-refractivity contribution in [1.29, 1.82) is 0 Å². The highest BCUT2D eigenvalue weighted by Crippen LogP contribution is 2.28. The molecule has 4 aromatic rings. The minimum absolute atomic E-state index is 0.214. The lowest BCUT2D eigenvalue weighted by molar-refractivity contribution is 0.102. The zero-order chi connectivity index (χ0) is 18.6. The number of pyridine rings is 1. The molecule has 0 saturated carbocycles. The van der Waals surface area contributed by atoms with E-state index in [-0.39, 0.29) is 11.5 Å². The molecule has 0 saturated heterocycles. The molecule has 1 amide bonds. The fourth-order valence-electron chi connectivity index (χ4n) is 2.55. The third-order valence-electron chi connectivity index (χ3n) is 3.84.